The highest BCUT2D eigenvalue weighted by Crippen LogP contribution is 2.12. The molecule has 1 rings (SSSR count). The summed E-state index contributed by atoms with van der Waals surface area (Å²) in [6, 6.07) is 0. The molecule has 0 spiro atoms. The molecule has 0 amide bonds. The van der Waals surface area contributed by atoms with Crippen LogP contribution in [0.25, 0.3) is 0 Å². The summed E-state index contributed by atoms with van der Waals surface area (Å²) >= 11 is 1.07. The van der Waals surface area contributed by atoms with Crippen LogP contribution in [-0.4, -0.2) is 38.7 Å². The Kier molecular flexibility index (Phi) is 7.42. The minimum Gasteiger partial charge on any atom is -0.476 e. The molecule has 17 heavy (non-hydrogen) atoms. The molecule has 7 N–H and O–H groups in total. The summed E-state index contributed by atoms with van der Waals surface area (Å²) in [7, 11) is 0. The zero-order chi connectivity index (χ0) is 11.4. The third kappa shape index (κ3) is 5.01. The fraction of sp³-hybridized carbons (Fsp3) is 0.143. The van der Waals surface area contributed by atoms with Gasteiger partial charge in [0, 0.05) is 12.3 Å². The molecular formula is C7H11N3O6S. The van der Waals surface area contributed by atoms with Crippen molar-refractivity contribution in [2.24, 2.45) is 5.16 Å². The van der Waals surface area contributed by atoms with E-state index >= 15 is 0 Å². The van der Waals surface area contributed by atoms with Crippen molar-refractivity contribution < 1.29 is 30.5 Å². The van der Waals surface area contributed by atoms with Gasteiger partial charge in [0.25, 0.3) is 0 Å². The van der Waals surface area contributed by atoms with Gasteiger partial charge in [0.05, 0.1) is 0 Å². The van der Waals surface area contributed by atoms with E-state index in [1.54, 1.807) is 0 Å². The SMILES string of the molecule is CC(=O)O/N=C(\C(=O)O)c1csc(N)n1.O.O. The smallest absolute Gasteiger partial charge is 0.360 e. The molecule has 96 valence electrons. The number of carboxylic acid groups (broad SMARTS) is 1. The van der Waals surface area contributed by atoms with Crippen LogP contribution in [0.1, 0.15) is 12.6 Å². The Morgan fingerprint density at radius 1 is 1.53 bits per heavy atom. The number of carbonyl (C=O) groups is 2. The van der Waals surface area contributed by atoms with Crippen LogP contribution in [0.15, 0.2) is 10.5 Å². The minimum atomic E-state index is -1.35. The molecule has 0 saturated heterocycles. The quantitative estimate of drug-likeness (QED) is 0.378. The number of hydrogen-bond donors (Lipinski definition) is 2. The van der Waals surface area contributed by atoms with Crippen molar-refractivity contribution in [3.8, 4) is 0 Å². The van der Waals surface area contributed by atoms with E-state index in [1.165, 1.54) is 5.38 Å². The number of nitrogens with zero attached hydrogens (tertiary/aromatic N) is 2. The van der Waals surface area contributed by atoms with E-state index in [0.717, 1.165) is 18.3 Å². The standard InChI is InChI=1S/C7H7N3O4S.2H2O/c1-3(11)14-10-5(6(12)13)4-2-15-7(8)9-4;;/h2H,1H3,(H2,8,9)(H,12,13);2*1H2/b10-5-;;. The first-order chi connectivity index (χ1) is 7.00. The van der Waals surface area contributed by atoms with E-state index in [0.29, 0.717) is 0 Å². The molecule has 1 aromatic heterocycles. The summed E-state index contributed by atoms with van der Waals surface area (Å²) in [5, 5.41) is 13.5. The van der Waals surface area contributed by atoms with Gasteiger partial charge in [-0.2, -0.15) is 0 Å². The largest absolute Gasteiger partial charge is 0.476 e. The summed E-state index contributed by atoms with van der Waals surface area (Å²) in [5.74, 6) is -2.06. The summed E-state index contributed by atoms with van der Waals surface area (Å²) in [4.78, 5) is 29.1. The molecule has 0 atom stereocenters. The second kappa shape index (κ2) is 7.27. The van der Waals surface area contributed by atoms with Crippen molar-refractivity contribution in [3.05, 3.63) is 11.1 Å². The minimum absolute atomic E-state index is 0. The Morgan fingerprint density at radius 2 is 2.12 bits per heavy atom. The maximum atomic E-state index is 10.7. The molecule has 0 radical (unpaired) electrons. The maximum absolute atomic E-state index is 10.7. The van der Waals surface area contributed by atoms with Crippen molar-refractivity contribution in [2.45, 2.75) is 6.92 Å². The van der Waals surface area contributed by atoms with E-state index in [4.69, 9.17) is 10.8 Å². The number of nitrogen functional groups attached to an aromatic ring is 1. The van der Waals surface area contributed by atoms with Gasteiger partial charge < -0.3 is 26.6 Å². The number of hydrogen-bond acceptors (Lipinski definition) is 7. The van der Waals surface area contributed by atoms with Crippen LogP contribution in [0.3, 0.4) is 0 Å². The Labute approximate surface area is 99.1 Å². The van der Waals surface area contributed by atoms with Gasteiger partial charge in [-0.15, -0.1) is 11.3 Å². The zero-order valence-electron chi connectivity index (χ0n) is 8.63. The zero-order valence-corrected chi connectivity index (χ0v) is 9.45. The molecule has 0 bridgehead atoms. The third-order valence-electron chi connectivity index (χ3n) is 1.23. The molecule has 9 nitrogen and oxygen atoms in total. The molecule has 0 unspecified atom stereocenters. The van der Waals surface area contributed by atoms with Gasteiger partial charge in [-0.25, -0.2) is 14.6 Å². The van der Waals surface area contributed by atoms with E-state index in [1.807, 2.05) is 0 Å². The van der Waals surface area contributed by atoms with Gasteiger partial charge in [-0.05, 0) is 0 Å². The van der Waals surface area contributed by atoms with Gasteiger partial charge >= 0.3 is 11.9 Å². The number of aromatic nitrogens is 1. The monoisotopic (exact) mass is 265 g/mol. The Hall–Kier alpha value is -2.04. The summed E-state index contributed by atoms with van der Waals surface area (Å²) in [6.45, 7) is 1.11. The first kappa shape index (κ1) is 17.4. The van der Waals surface area contributed by atoms with Gasteiger partial charge in [0.2, 0.25) is 5.71 Å². The number of thiazole rings is 1. The number of oxime groups is 1. The molecule has 1 heterocycles. The summed E-state index contributed by atoms with van der Waals surface area (Å²) in [5.41, 5.74) is 4.93. The predicted molar refractivity (Wildman–Crippen MR) is 59.7 cm³/mol. The highest BCUT2D eigenvalue weighted by atomic mass is 32.1. The molecule has 0 saturated carbocycles. The van der Waals surface area contributed by atoms with Crippen molar-refractivity contribution >= 4 is 34.1 Å². The lowest BCUT2D eigenvalue weighted by molar-refractivity contribution is -0.141. The lowest BCUT2D eigenvalue weighted by Crippen LogP contribution is -2.16. The number of nitrogens with two attached hydrogens (primary N) is 1. The highest BCUT2D eigenvalue weighted by Gasteiger charge is 2.17. The molecule has 0 aliphatic rings. The average Bonchev–Trinajstić information content (AvgIpc) is 2.51. The van der Waals surface area contributed by atoms with Gasteiger partial charge in [0.1, 0.15) is 5.69 Å². The molecule has 0 aliphatic carbocycles. The van der Waals surface area contributed by atoms with Crippen molar-refractivity contribution in [3.63, 3.8) is 0 Å². The molecule has 10 heteroatoms. The molecule has 1 aromatic rings. The fourth-order valence-electron chi connectivity index (χ4n) is 0.702. The van der Waals surface area contributed by atoms with Crippen molar-refractivity contribution in [2.75, 3.05) is 5.73 Å². The fourth-order valence-corrected chi connectivity index (χ4v) is 1.25. The molecule has 0 aliphatic heterocycles. The summed E-state index contributed by atoms with van der Waals surface area (Å²) in [6.07, 6.45) is 0. The first-order valence-electron chi connectivity index (χ1n) is 3.71. The van der Waals surface area contributed by atoms with Crippen LogP contribution in [0.4, 0.5) is 5.13 Å². The first-order valence-corrected chi connectivity index (χ1v) is 4.59. The normalized spacial score (nSPS) is 9.82. The topological polar surface area (TPSA) is 178 Å². The Morgan fingerprint density at radius 3 is 2.47 bits per heavy atom. The van der Waals surface area contributed by atoms with E-state index in [2.05, 4.69) is 15.0 Å². The van der Waals surface area contributed by atoms with Crippen LogP contribution >= 0.6 is 11.3 Å². The predicted octanol–water partition coefficient (Wildman–Crippen LogP) is -1.57. The number of rotatable bonds is 3. The van der Waals surface area contributed by atoms with E-state index in [-0.39, 0.29) is 21.8 Å². The van der Waals surface area contributed by atoms with Crippen LogP contribution < -0.4 is 5.73 Å². The number of carboxylic acids is 1. The summed E-state index contributed by atoms with van der Waals surface area (Å²) < 4.78 is 0. The lowest BCUT2D eigenvalue weighted by Gasteiger charge is -1.95. The van der Waals surface area contributed by atoms with Gasteiger partial charge in [-0.3, -0.25) is 0 Å². The molecule has 0 fully saturated rings. The lowest BCUT2D eigenvalue weighted by atomic mass is 10.3. The Balaban J connectivity index is 0. The van der Waals surface area contributed by atoms with E-state index < -0.39 is 17.7 Å². The van der Waals surface area contributed by atoms with Crippen LogP contribution in [0.5, 0.6) is 0 Å². The Bertz CT molecular complexity index is 429. The second-order valence-corrected chi connectivity index (χ2v) is 3.29. The number of anilines is 1. The molecular weight excluding hydrogens is 254 g/mol. The molecule has 0 aromatic carbocycles. The van der Waals surface area contributed by atoms with Crippen molar-refractivity contribution in [1.29, 1.82) is 0 Å². The maximum Gasteiger partial charge on any atom is 0.360 e. The van der Waals surface area contributed by atoms with Crippen molar-refractivity contribution in [1.82, 2.24) is 4.98 Å². The van der Waals surface area contributed by atoms with Crippen LogP contribution in [0, 0.1) is 0 Å². The van der Waals surface area contributed by atoms with Crippen LogP contribution in [-0.2, 0) is 14.4 Å². The number of aliphatic carboxylic acids is 1. The second-order valence-electron chi connectivity index (χ2n) is 2.40. The van der Waals surface area contributed by atoms with Crippen LogP contribution in [0.2, 0.25) is 0 Å². The third-order valence-corrected chi connectivity index (χ3v) is 1.91. The number of carbonyl (C=O) groups excluding carboxylic acids is 1. The highest BCUT2D eigenvalue weighted by molar-refractivity contribution is 7.13. The van der Waals surface area contributed by atoms with E-state index in [9.17, 15) is 9.59 Å². The van der Waals surface area contributed by atoms with Gasteiger partial charge in [-0.1, -0.05) is 5.16 Å². The average molecular weight is 265 g/mol. The van der Waals surface area contributed by atoms with Gasteiger partial charge in [0.15, 0.2) is 5.13 Å².